The molecule has 3 N–H and O–H groups in total. The van der Waals surface area contributed by atoms with Crippen molar-refractivity contribution in [2.45, 2.75) is 38.1 Å². The minimum absolute atomic E-state index is 0. The summed E-state index contributed by atoms with van der Waals surface area (Å²) in [6.45, 7) is -0.302. The van der Waals surface area contributed by atoms with E-state index in [1.807, 2.05) is 0 Å². The fourth-order valence-corrected chi connectivity index (χ4v) is 3.01. The molecule has 10 nitrogen and oxygen atoms in total. The number of hydrogen-bond acceptors (Lipinski definition) is 8. The second kappa shape index (κ2) is 10.9. The van der Waals surface area contributed by atoms with E-state index in [4.69, 9.17) is 20.1 Å². The van der Waals surface area contributed by atoms with Crippen LogP contribution in [0.1, 0.15) is 25.1 Å². The van der Waals surface area contributed by atoms with Crippen LogP contribution < -0.4 is 5.73 Å². The molecule has 0 aliphatic carbocycles. The van der Waals surface area contributed by atoms with Crippen molar-refractivity contribution in [1.29, 1.82) is 0 Å². The average molecular weight is 505 g/mol. The van der Waals surface area contributed by atoms with Crippen LogP contribution in [0.3, 0.4) is 0 Å². The van der Waals surface area contributed by atoms with Crippen LogP contribution in [0.25, 0.3) is 0 Å². The van der Waals surface area contributed by atoms with E-state index in [0.717, 1.165) is 4.57 Å². The molecule has 184 valence electrons. The Kier molecular flexibility index (Phi) is 8.71. The van der Waals surface area contributed by atoms with Gasteiger partial charge in [-0.15, -0.1) is 14.9 Å². The number of fused-ring (bicyclic) bond motifs is 1. The number of carbonyl (C=O) groups excluding carboxylic acids is 1. The molecule has 2 aromatic rings. The largest absolute Gasteiger partial charge is 0.496 e. The highest BCUT2D eigenvalue weighted by Crippen LogP contribution is 2.29. The summed E-state index contributed by atoms with van der Waals surface area (Å²) in [5.41, 5.74) is 5.64. The van der Waals surface area contributed by atoms with E-state index in [1.165, 1.54) is 4.90 Å². The predicted molar refractivity (Wildman–Crippen MR) is 97.2 cm³/mol. The van der Waals surface area contributed by atoms with Crippen LogP contribution >= 0.6 is 7.91 Å². The zero-order chi connectivity index (χ0) is 24.9. The van der Waals surface area contributed by atoms with E-state index < -0.39 is 49.3 Å². The zero-order valence-electron chi connectivity index (χ0n) is 16.4. The molecule has 0 saturated heterocycles. The summed E-state index contributed by atoms with van der Waals surface area (Å²) in [6.07, 6.45) is -5.11. The number of rotatable bonds is 5. The lowest BCUT2D eigenvalue weighted by Crippen LogP contribution is -2.42. The first-order valence-electron chi connectivity index (χ1n) is 8.95. The lowest BCUT2D eigenvalue weighted by Gasteiger charge is -2.29. The third kappa shape index (κ3) is 7.08. The SMILES string of the molecule is NC(CC(=O)N1CCn2c(nnc2C(F)(F)F)C1)Cc1cc(F)c(F)cc1F.O=P(=O)OO.[HH]. The molecule has 33 heavy (non-hydrogen) atoms. The zero-order valence-corrected chi connectivity index (χ0v) is 17.3. The van der Waals surface area contributed by atoms with Gasteiger partial charge in [0.05, 0.1) is 6.54 Å². The average Bonchev–Trinajstić information content (AvgIpc) is 3.16. The monoisotopic (exact) mass is 505 g/mol. The van der Waals surface area contributed by atoms with Crippen molar-refractivity contribution in [3.63, 3.8) is 0 Å². The van der Waals surface area contributed by atoms with Gasteiger partial charge in [0.15, 0.2) is 17.5 Å². The topological polar surface area (TPSA) is 141 Å². The van der Waals surface area contributed by atoms with Crippen molar-refractivity contribution in [3.8, 4) is 0 Å². The fourth-order valence-electron chi connectivity index (χ4n) is 3.01. The van der Waals surface area contributed by atoms with Crippen molar-refractivity contribution >= 4 is 13.8 Å². The van der Waals surface area contributed by atoms with Crippen LogP contribution in [0.5, 0.6) is 0 Å². The van der Waals surface area contributed by atoms with E-state index in [2.05, 4.69) is 14.9 Å². The summed E-state index contributed by atoms with van der Waals surface area (Å²) >= 11 is 0. The molecular weight excluding hydrogens is 487 g/mol. The number of halogens is 6. The third-order valence-corrected chi connectivity index (χ3v) is 4.57. The van der Waals surface area contributed by atoms with Crippen LogP contribution in [-0.4, -0.2) is 43.4 Å². The van der Waals surface area contributed by atoms with Crippen molar-refractivity contribution in [3.05, 3.63) is 46.8 Å². The minimum atomic E-state index is -4.64. The Hall–Kier alpha value is -2.81. The molecule has 0 radical (unpaired) electrons. The Balaban J connectivity index is 0.000000873. The molecule has 1 aliphatic heterocycles. The Morgan fingerprint density at radius 2 is 1.79 bits per heavy atom. The summed E-state index contributed by atoms with van der Waals surface area (Å²) in [5.74, 6) is -5.15. The fraction of sp³-hybridized carbons (Fsp3) is 0.438. The molecule has 2 heterocycles. The maximum absolute atomic E-state index is 13.7. The van der Waals surface area contributed by atoms with Crippen molar-refractivity contribution in [2.24, 2.45) is 5.73 Å². The van der Waals surface area contributed by atoms with Gasteiger partial charge in [0.2, 0.25) is 11.7 Å². The Bertz CT molecular complexity index is 1080. The lowest BCUT2D eigenvalue weighted by atomic mass is 10.0. The minimum Gasteiger partial charge on any atom is -0.333 e. The van der Waals surface area contributed by atoms with E-state index in [1.54, 1.807) is 0 Å². The quantitative estimate of drug-likeness (QED) is 0.208. The van der Waals surface area contributed by atoms with Gasteiger partial charge < -0.3 is 15.2 Å². The number of hydrogen-bond donors (Lipinski definition) is 2. The number of benzene rings is 1. The summed E-state index contributed by atoms with van der Waals surface area (Å²) < 4.78 is 99.8. The highest BCUT2D eigenvalue weighted by Gasteiger charge is 2.40. The first-order chi connectivity index (χ1) is 15.3. The Morgan fingerprint density at radius 3 is 2.36 bits per heavy atom. The second-order valence-electron chi connectivity index (χ2n) is 6.74. The van der Waals surface area contributed by atoms with E-state index in [-0.39, 0.29) is 45.3 Å². The summed E-state index contributed by atoms with van der Waals surface area (Å²) in [6, 6.07) is 0.184. The first kappa shape index (κ1) is 26.4. The van der Waals surface area contributed by atoms with Gasteiger partial charge in [0.25, 0.3) is 0 Å². The van der Waals surface area contributed by atoms with Gasteiger partial charge in [0.1, 0.15) is 5.82 Å². The smallest absolute Gasteiger partial charge is 0.333 e. The first-order valence-corrected chi connectivity index (χ1v) is 10.0. The molecule has 1 amide bonds. The van der Waals surface area contributed by atoms with Gasteiger partial charge in [0, 0.05) is 33.0 Å². The maximum atomic E-state index is 13.7. The second-order valence-corrected chi connectivity index (χ2v) is 7.35. The summed E-state index contributed by atoms with van der Waals surface area (Å²) in [7, 11) is -3.04. The Labute approximate surface area is 183 Å². The molecule has 0 saturated carbocycles. The van der Waals surface area contributed by atoms with E-state index in [0.29, 0.717) is 12.1 Å². The van der Waals surface area contributed by atoms with Gasteiger partial charge in [-0.3, -0.25) is 4.79 Å². The molecule has 0 fully saturated rings. The lowest BCUT2D eigenvalue weighted by molar-refractivity contribution is -0.148. The number of carbonyl (C=O) groups is 1. The number of nitrogens with two attached hydrogens (primary N) is 1. The van der Waals surface area contributed by atoms with Gasteiger partial charge in [-0.1, -0.05) is 0 Å². The van der Waals surface area contributed by atoms with E-state index >= 15 is 0 Å². The molecular formula is C16H18F6N5O5P. The highest BCUT2D eigenvalue weighted by molar-refractivity contribution is 7.24. The molecule has 1 unspecified atom stereocenters. The van der Waals surface area contributed by atoms with Crippen molar-refractivity contribution in [2.75, 3.05) is 6.54 Å². The van der Waals surface area contributed by atoms with Crippen LogP contribution in [0.4, 0.5) is 26.3 Å². The highest BCUT2D eigenvalue weighted by atomic mass is 31.1. The van der Waals surface area contributed by atoms with Gasteiger partial charge in [-0.05, 0) is 18.1 Å². The number of aromatic nitrogens is 3. The summed E-state index contributed by atoms with van der Waals surface area (Å²) in [4.78, 5) is 13.6. The molecule has 17 heteroatoms. The van der Waals surface area contributed by atoms with Crippen molar-refractivity contribution in [1.82, 2.24) is 19.7 Å². The number of amides is 1. The molecule has 0 bridgehead atoms. The molecule has 1 aliphatic rings. The Morgan fingerprint density at radius 1 is 1.18 bits per heavy atom. The van der Waals surface area contributed by atoms with Crippen LogP contribution in [0, 0.1) is 17.5 Å². The molecule has 1 aromatic heterocycles. The molecule has 0 spiro atoms. The van der Waals surface area contributed by atoms with Crippen LogP contribution in [0.2, 0.25) is 0 Å². The standard InChI is InChI=1S/C16H15F6N5O.HO4P.H2/c17-10-6-12(19)11(18)4-8(10)3-9(23)5-14(28)26-1-2-27-13(7-26)24-25-15(27)16(20,21)22;1-4-5(2)3;/h4,6,9H,1-3,5,7,23H2;1H;1H. The van der Waals surface area contributed by atoms with E-state index in [9.17, 15) is 31.1 Å². The van der Waals surface area contributed by atoms with Gasteiger partial charge in [-0.2, -0.15) is 13.2 Å². The van der Waals surface area contributed by atoms with Gasteiger partial charge in [-0.25, -0.2) is 27.6 Å². The summed E-state index contributed by atoms with van der Waals surface area (Å²) in [5, 5.41) is 13.6. The normalized spacial score (nSPS) is 14.2. The van der Waals surface area contributed by atoms with Crippen molar-refractivity contribution < 1.29 is 51.6 Å². The van der Waals surface area contributed by atoms with Crippen LogP contribution in [0.15, 0.2) is 12.1 Å². The predicted octanol–water partition coefficient (Wildman–Crippen LogP) is 2.83. The number of alkyl halides is 3. The molecule has 1 aromatic carbocycles. The van der Waals surface area contributed by atoms with Crippen LogP contribution in [-0.2, 0) is 44.3 Å². The molecule has 1 atom stereocenters. The third-order valence-electron chi connectivity index (χ3n) is 4.43. The van der Waals surface area contributed by atoms with Gasteiger partial charge >= 0.3 is 14.1 Å². The number of nitrogens with zero attached hydrogens (tertiary/aromatic N) is 4. The maximum Gasteiger partial charge on any atom is 0.496 e. The molecule has 3 rings (SSSR count).